The van der Waals surface area contributed by atoms with Crippen LogP contribution in [0.25, 0.3) is 0 Å². The highest BCUT2D eigenvalue weighted by Crippen LogP contribution is 2.46. The minimum absolute atomic E-state index is 0.0520. The number of carbonyl (C=O) groups excluding carboxylic acids is 2. The number of rotatable bonds is 4. The number of ketones is 1. The molecule has 2 aromatic rings. The number of carbonyl (C=O) groups is 2. The second kappa shape index (κ2) is 9.49. The monoisotopic (exact) mass is 457 g/mol. The largest absolute Gasteiger partial charge is 0.508 e. The van der Waals surface area contributed by atoms with Crippen molar-refractivity contribution in [3.8, 4) is 5.75 Å². The fourth-order valence-electron chi connectivity index (χ4n) is 5.67. The first-order valence-corrected chi connectivity index (χ1v) is 12.3. The summed E-state index contributed by atoms with van der Waals surface area (Å²) in [7, 11) is 0. The molecule has 0 saturated heterocycles. The van der Waals surface area contributed by atoms with Crippen LogP contribution in [0.15, 0.2) is 77.1 Å². The van der Waals surface area contributed by atoms with E-state index >= 15 is 0 Å². The Morgan fingerprint density at radius 2 is 1.65 bits per heavy atom. The molecule has 2 aromatic carbocycles. The number of hydrogen-bond donors (Lipinski definition) is 2. The molecule has 5 heteroatoms. The van der Waals surface area contributed by atoms with Gasteiger partial charge in [-0.2, -0.15) is 0 Å². The van der Waals surface area contributed by atoms with Crippen LogP contribution in [0.5, 0.6) is 5.75 Å². The van der Waals surface area contributed by atoms with Crippen LogP contribution in [-0.4, -0.2) is 23.0 Å². The number of ether oxygens (including phenoxy) is 1. The van der Waals surface area contributed by atoms with Crippen molar-refractivity contribution in [2.45, 2.75) is 69.8 Å². The zero-order valence-corrected chi connectivity index (χ0v) is 19.5. The Bertz CT molecular complexity index is 1140. The van der Waals surface area contributed by atoms with E-state index < -0.39 is 5.92 Å². The fourth-order valence-corrected chi connectivity index (χ4v) is 5.67. The minimum Gasteiger partial charge on any atom is -0.508 e. The predicted octanol–water partition coefficient (Wildman–Crippen LogP) is 5.63. The number of benzene rings is 2. The molecule has 0 bridgehead atoms. The SMILES string of the molecule is CC1=C(C(=O)OC2CCCCC2)[C@H](c2ccc(O)cc2)C2=C(C[C@@H](c3ccccc3)CC2=O)N1. The van der Waals surface area contributed by atoms with Gasteiger partial charge in [0.15, 0.2) is 5.78 Å². The maximum atomic E-state index is 13.6. The molecular formula is C29H31NO4. The van der Waals surface area contributed by atoms with E-state index in [1.807, 2.05) is 25.1 Å². The number of allylic oxidation sites excluding steroid dienone is 3. The first kappa shape index (κ1) is 22.5. The average Bonchev–Trinajstić information content (AvgIpc) is 2.84. The molecule has 34 heavy (non-hydrogen) atoms. The first-order valence-electron chi connectivity index (χ1n) is 12.3. The summed E-state index contributed by atoms with van der Waals surface area (Å²) in [4.78, 5) is 27.1. The summed E-state index contributed by atoms with van der Waals surface area (Å²) in [5, 5.41) is 13.3. The van der Waals surface area contributed by atoms with Crippen molar-refractivity contribution in [1.82, 2.24) is 5.32 Å². The third-order valence-corrected chi connectivity index (χ3v) is 7.37. The van der Waals surface area contributed by atoms with E-state index in [0.29, 0.717) is 24.0 Å². The number of esters is 1. The highest BCUT2D eigenvalue weighted by Gasteiger charge is 2.41. The standard InChI is InChI=1S/C29H31NO4/c1-18-26(29(33)34-23-10-6-3-7-11-23)27(20-12-14-22(31)15-13-20)28-24(30-18)16-21(17-25(28)32)19-8-4-2-5-9-19/h2,4-5,8-9,12-15,21,23,27,30-31H,3,6-7,10-11,16-17H2,1H3/t21-,27+/m1/s1. The van der Waals surface area contributed by atoms with Crippen LogP contribution in [0.2, 0.25) is 0 Å². The number of phenolic OH excluding ortho intramolecular Hbond substituents is 1. The molecule has 0 unspecified atom stereocenters. The van der Waals surface area contributed by atoms with Gasteiger partial charge in [0.25, 0.3) is 0 Å². The van der Waals surface area contributed by atoms with E-state index in [-0.39, 0.29) is 29.5 Å². The Morgan fingerprint density at radius 3 is 2.35 bits per heavy atom. The predicted molar refractivity (Wildman–Crippen MR) is 130 cm³/mol. The maximum absolute atomic E-state index is 13.6. The van der Waals surface area contributed by atoms with E-state index in [4.69, 9.17) is 4.74 Å². The quantitative estimate of drug-likeness (QED) is 0.582. The molecule has 2 aliphatic carbocycles. The second-order valence-electron chi connectivity index (χ2n) is 9.68. The number of dihydropyridines is 1. The molecular weight excluding hydrogens is 426 g/mol. The smallest absolute Gasteiger partial charge is 0.337 e. The summed E-state index contributed by atoms with van der Waals surface area (Å²) in [5.74, 6) is -0.546. The lowest BCUT2D eigenvalue weighted by molar-refractivity contribution is -0.146. The lowest BCUT2D eigenvalue weighted by Crippen LogP contribution is -2.37. The molecule has 0 aromatic heterocycles. The van der Waals surface area contributed by atoms with Crippen molar-refractivity contribution < 1.29 is 19.4 Å². The molecule has 2 atom stereocenters. The van der Waals surface area contributed by atoms with Gasteiger partial charge < -0.3 is 15.2 Å². The lowest BCUT2D eigenvalue weighted by Gasteiger charge is -2.37. The van der Waals surface area contributed by atoms with Gasteiger partial charge in [0.1, 0.15) is 11.9 Å². The summed E-state index contributed by atoms with van der Waals surface area (Å²) in [6, 6.07) is 16.9. The molecule has 5 nitrogen and oxygen atoms in total. The second-order valence-corrected chi connectivity index (χ2v) is 9.68. The van der Waals surface area contributed by atoms with Gasteiger partial charge >= 0.3 is 5.97 Å². The summed E-state index contributed by atoms with van der Waals surface area (Å²) in [6.07, 6.45) is 6.16. The van der Waals surface area contributed by atoms with Gasteiger partial charge in [0.05, 0.1) is 5.57 Å². The van der Waals surface area contributed by atoms with Gasteiger partial charge in [-0.25, -0.2) is 4.79 Å². The molecule has 0 spiro atoms. The Hall–Kier alpha value is -3.34. The molecule has 1 heterocycles. The van der Waals surface area contributed by atoms with Crippen LogP contribution >= 0.6 is 0 Å². The van der Waals surface area contributed by atoms with Gasteiger partial charge in [-0.1, -0.05) is 48.9 Å². The van der Waals surface area contributed by atoms with Gasteiger partial charge in [0.2, 0.25) is 0 Å². The average molecular weight is 458 g/mol. The number of hydrogen-bond acceptors (Lipinski definition) is 5. The van der Waals surface area contributed by atoms with Gasteiger partial charge in [0, 0.05) is 29.3 Å². The minimum atomic E-state index is -0.503. The zero-order chi connectivity index (χ0) is 23.7. The van der Waals surface area contributed by atoms with Gasteiger partial charge in [-0.3, -0.25) is 4.79 Å². The zero-order valence-electron chi connectivity index (χ0n) is 19.5. The van der Waals surface area contributed by atoms with Crippen molar-refractivity contribution >= 4 is 11.8 Å². The van der Waals surface area contributed by atoms with Crippen molar-refractivity contribution in [3.63, 3.8) is 0 Å². The molecule has 0 radical (unpaired) electrons. The molecule has 3 aliphatic rings. The fraction of sp³-hybridized carbons (Fsp3) is 0.379. The number of nitrogens with one attached hydrogen (secondary N) is 1. The van der Waals surface area contributed by atoms with E-state index in [1.165, 1.54) is 6.42 Å². The first-order chi connectivity index (χ1) is 16.5. The third-order valence-electron chi connectivity index (χ3n) is 7.37. The van der Waals surface area contributed by atoms with Crippen LogP contribution in [0, 0.1) is 0 Å². The Labute approximate surface area is 200 Å². The summed E-state index contributed by atoms with van der Waals surface area (Å²) in [6.45, 7) is 1.89. The van der Waals surface area contributed by atoms with Crippen molar-refractivity contribution in [2.75, 3.05) is 0 Å². The highest BCUT2D eigenvalue weighted by atomic mass is 16.5. The molecule has 0 amide bonds. The lowest BCUT2D eigenvalue weighted by atomic mass is 9.71. The normalized spacial score (nSPS) is 23.4. The molecule has 176 valence electrons. The van der Waals surface area contributed by atoms with Crippen LogP contribution in [0.3, 0.4) is 0 Å². The number of phenols is 1. The summed E-state index contributed by atoms with van der Waals surface area (Å²) >= 11 is 0. The number of aromatic hydroxyl groups is 1. The van der Waals surface area contributed by atoms with Crippen LogP contribution in [0.1, 0.15) is 74.8 Å². The van der Waals surface area contributed by atoms with Crippen molar-refractivity contribution in [2.24, 2.45) is 0 Å². The van der Waals surface area contributed by atoms with E-state index in [0.717, 1.165) is 48.2 Å². The highest BCUT2D eigenvalue weighted by molar-refractivity contribution is 6.04. The van der Waals surface area contributed by atoms with E-state index in [2.05, 4.69) is 17.4 Å². The van der Waals surface area contributed by atoms with Crippen LogP contribution < -0.4 is 5.32 Å². The van der Waals surface area contributed by atoms with Gasteiger partial charge in [-0.15, -0.1) is 0 Å². The summed E-state index contributed by atoms with van der Waals surface area (Å²) in [5.41, 5.74) is 4.73. The molecule has 1 fully saturated rings. The third kappa shape index (κ3) is 4.39. The molecule has 1 aliphatic heterocycles. The van der Waals surface area contributed by atoms with Crippen molar-refractivity contribution in [3.05, 3.63) is 88.3 Å². The molecule has 2 N–H and O–H groups in total. The Morgan fingerprint density at radius 1 is 0.941 bits per heavy atom. The van der Waals surface area contributed by atoms with Crippen LogP contribution in [-0.2, 0) is 14.3 Å². The maximum Gasteiger partial charge on any atom is 0.337 e. The van der Waals surface area contributed by atoms with E-state index in [1.54, 1.807) is 24.3 Å². The summed E-state index contributed by atoms with van der Waals surface area (Å²) < 4.78 is 5.96. The Balaban J connectivity index is 1.52. The van der Waals surface area contributed by atoms with Gasteiger partial charge in [-0.05, 0) is 68.2 Å². The van der Waals surface area contributed by atoms with Crippen molar-refractivity contribution in [1.29, 1.82) is 0 Å². The van der Waals surface area contributed by atoms with E-state index in [9.17, 15) is 14.7 Å². The molecule has 5 rings (SSSR count). The van der Waals surface area contributed by atoms with Crippen LogP contribution in [0.4, 0.5) is 0 Å². The number of Topliss-reactive ketones (excluding diaryl/α,β-unsaturated/α-hetero) is 1. The molecule has 1 saturated carbocycles. The Kier molecular flexibility index (Phi) is 6.27. The topological polar surface area (TPSA) is 75.6 Å².